The van der Waals surface area contributed by atoms with E-state index >= 15 is 0 Å². The molecule has 0 aliphatic rings. The number of nitrogen functional groups attached to an aromatic ring is 1. The van der Waals surface area contributed by atoms with Gasteiger partial charge in [-0.05, 0) is 18.2 Å². The quantitative estimate of drug-likeness (QED) is 0.491. The van der Waals surface area contributed by atoms with Crippen LogP contribution >= 0.6 is 0 Å². The molecule has 3 rings (SSSR count). The van der Waals surface area contributed by atoms with E-state index in [2.05, 4.69) is 10.4 Å². The fraction of sp³-hybridized carbons (Fsp3) is 0.0714. The molecule has 0 fully saturated rings. The van der Waals surface area contributed by atoms with Gasteiger partial charge in [0.25, 0.3) is 0 Å². The SMILES string of the molecule is NNC(c1cc2ccccc2o1)c1cccnc1N. The standard InChI is InChI=1S/C14H14N4O/c15-14-10(5-3-7-17-14)13(18-16)12-8-9-4-1-2-6-11(9)19-12/h1-8,13,18H,16H2,(H2,15,17). The van der Waals surface area contributed by atoms with E-state index in [9.17, 15) is 0 Å². The lowest BCUT2D eigenvalue weighted by atomic mass is 10.1. The average Bonchev–Trinajstić information content (AvgIpc) is 2.85. The Kier molecular flexibility index (Phi) is 2.91. The van der Waals surface area contributed by atoms with Crippen LogP contribution in [-0.2, 0) is 0 Å². The van der Waals surface area contributed by atoms with E-state index in [-0.39, 0.29) is 6.04 Å². The number of furan rings is 1. The molecule has 1 aromatic carbocycles. The van der Waals surface area contributed by atoms with Crippen molar-refractivity contribution in [1.82, 2.24) is 10.4 Å². The molecule has 96 valence electrons. The van der Waals surface area contributed by atoms with Crippen molar-refractivity contribution in [2.45, 2.75) is 6.04 Å². The van der Waals surface area contributed by atoms with Crippen LogP contribution in [0.1, 0.15) is 17.4 Å². The maximum absolute atomic E-state index is 5.88. The molecule has 0 aliphatic heterocycles. The Morgan fingerprint density at radius 3 is 2.74 bits per heavy atom. The van der Waals surface area contributed by atoms with Gasteiger partial charge in [0.05, 0.1) is 0 Å². The van der Waals surface area contributed by atoms with Crippen molar-refractivity contribution in [1.29, 1.82) is 0 Å². The van der Waals surface area contributed by atoms with Crippen LogP contribution < -0.4 is 17.0 Å². The lowest BCUT2D eigenvalue weighted by Gasteiger charge is -2.14. The van der Waals surface area contributed by atoms with E-state index in [0.717, 1.165) is 16.5 Å². The number of fused-ring (bicyclic) bond motifs is 1. The number of anilines is 1. The van der Waals surface area contributed by atoms with Crippen LogP contribution in [-0.4, -0.2) is 4.98 Å². The minimum Gasteiger partial charge on any atom is -0.459 e. The van der Waals surface area contributed by atoms with Gasteiger partial charge < -0.3 is 10.2 Å². The fourth-order valence-electron chi connectivity index (χ4n) is 2.14. The molecule has 3 aromatic rings. The normalized spacial score (nSPS) is 12.7. The number of rotatable bonds is 3. The second-order valence-corrected chi connectivity index (χ2v) is 4.26. The molecule has 0 bridgehead atoms. The first-order valence-corrected chi connectivity index (χ1v) is 5.94. The number of benzene rings is 1. The third-order valence-electron chi connectivity index (χ3n) is 3.08. The predicted octanol–water partition coefficient (Wildman–Crippen LogP) is 1.96. The van der Waals surface area contributed by atoms with Crippen LogP contribution in [0.4, 0.5) is 5.82 Å². The first-order chi connectivity index (χ1) is 9.29. The van der Waals surface area contributed by atoms with Gasteiger partial charge in [0.2, 0.25) is 0 Å². The van der Waals surface area contributed by atoms with E-state index in [1.807, 2.05) is 42.5 Å². The Morgan fingerprint density at radius 1 is 1.16 bits per heavy atom. The Morgan fingerprint density at radius 2 is 2.00 bits per heavy atom. The first-order valence-electron chi connectivity index (χ1n) is 5.94. The van der Waals surface area contributed by atoms with Gasteiger partial charge in [-0.25, -0.2) is 10.4 Å². The topological polar surface area (TPSA) is 90.1 Å². The highest BCUT2D eigenvalue weighted by molar-refractivity contribution is 5.78. The number of nitrogens with two attached hydrogens (primary N) is 2. The third-order valence-corrected chi connectivity index (χ3v) is 3.08. The second kappa shape index (κ2) is 4.72. The average molecular weight is 254 g/mol. The molecule has 2 heterocycles. The van der Waals surface area contributed by atoms with Gasteiger partial charge in [0, 0.05) is 17.1 Å². The third kappa shape index (κ3) is 2.05. The number of aromatic nitrogens is 1. The zero-order valence-corrected chi connectivity index (χ0v) is 10.2. The summed E-state index contributed by atoms with van der Waals surface area (Å²) in [7, 11) is 0. The van der Waals surface area contributed by atoms with Crippen molar-refractivity contribution in [3.05, 3.63) is 60.0 Å². The molecule has 0 saturated heterocycles. The molecule has 2 aromatic heterocycles. The minimum absolute atomic E-state index is 0.318. The zero-order valence-electron chi connectivity index (χ0n) is 10.2. The Labute approximate surface area is 110 Å². The maximum atomic E-state index is 5.88. The van der Waals surface area contributed by atoms with E-state index in [4.69, 9.17) is 16.0 Å². The van der Waals surface area contributed by atoms with E-state index in [1.54, 1.807) is 6.20 Å². The van der Waals surface area contributed by atoms with Crippen LogP contribution in [0.25, 0.3) is 11.0 Å². The summed E-state index contributed by atoms with van der Waals surface area (Å²) in [6.07, 6.45) is 1.64. The Hall–Kier alpha value is -2.37. The van der Waals surface area contributed by atoms with Gasteiger partial charge in [0.1, 0.15) is 23.2 Å². The molecule has 0 aliphatic carbocycles. The summed E-state index contributed by atoms with van der Waals surface area (Å²) < 4.78 is 5.80. The highest BCUT2D eigenvalue weighted by Gasteiger charge is 2.19. The number of para-hydroxylation sites is 1. The molecule has 5 nitrogen and oxygen atoms in total. The lowest BCUT2D eigenvalue weighted by molar-refractivity contribution is 0.477. The highest BCUT2D eigenvalue weighted by Crippen LogP contribution is 2.29. The monoisotopic (exact) mass is 254 g/mol. The number of pyridine rings is 1. The van der Waals surface area contributed by atoms with Crippen molar-refractivity contribution in [3.8, 4) is 0 Å². The Bertz CT molecular complexity index is 674. The molecule has 19 heavy (non-hydrogen) atoms. The van der Waals surface area contributed by atoms with Crippen molar-refractivity contribution in [2.24, 2.45) is 5.84 Å². The summed E-state index contributed by atoms with van der Waals surface area (Å²) in [4.78, 5) is 4.07. The van der Waals surface area contributed by atoms with E-state index in [1.165, 1.54) is 0 Å². The summed E-state index contributed by atoms with van der Waals surface area (Å²) >= 11 is 0. The molecular formula is C14H14N4O. The van der Waals surface area contributed by atoms with Gasteiger partial charge >= 0.3 is 0 Å². The van der Waals surface area contributed by atoms with Crippen LogP contribution in [0.2, 0.25) is 0 Å². The first kappa shape index (κ1) is 11.7. The number of hydrazine groups is 1. The van der Waals surface area contributed by atoms with Gasteiger partial charge in [0.15, 0.2) is 0 Å². The summed E-state index contributed by atoms with van der Waals surface area (Å²) in [6, 6.07) is 13.1. The predicted molar refractivity (Wildman–Crippen MR) is 74.0 cm³/mol. The molecule has 0 radical (unpaired) electrons. The zero-order chi connectivity index (χ0) is 13.2. The smallest absolute Gasteiger partial charge is 0.134 e. The van der Waals surface area contributed by atoms with Crippen molar-refractivity contribution < 1.29 is 4.42 Å². The van der Waals surface area contributed by atoms with E-state index < -0.39 is 0 Å². The van der Waals surface area contributed by atoms with Crippen LogP contribution in [0, 0.1) is 0 Å². The molecular weight excluding hydrogens is 240 g/mol. The van der Waals surface area contributed by atoms with Crippen LogP contribution in [0.3, 0.4) is 0 Å². The summed E-state index contributed by atoms with van der Waals surface area (Å²) in [5, 5.41) is 1.03. The van der Waals surface area contributed by atoms with E-state index in [0.29, 0.717) is 11.6 Å². The minimum atomic E-state index is -0.318. The number of hydrogen-bond acceptors (Lipinski definition) is 5. The van der Waals surface area contributed by atoms with Gasteiger partial charge in [-0.2, -0.15) is 0 Å². The second-order valence-electron chi connectivity index (χ2n) is 4.26. The van der Waals surface area contributed by atoms with Crippen LogP contribution in [0.5, 0.6) is 0 Å². The van der Waals surface area contributed by atoms with Crippen molar-refractivity contribution in [2.75, 3.05) is 5.73 Å². The highest BCUT2D eigenvalue weighted by atomic mass is 16.3. The van der Waals surface area contributed by atoms with Gasteiger partial charge in [-0.1, -0.05) is 24.3 Å². The van der Waals surface area contributed by atoms with Crippen molar-refractivity contribution in [3.63, 3.8) is 0 Å². The molecule has 5 N–H and O–H groups in total. The molecule has 5 heteroatoms. The molecule has 0 spiro atoms. The summed E-state index contributed by atoms with van der Waals surface area (Å²) in [5.74, 6) is 6.78. The molecule has 1 atom stereocenters. The molecule has 0 saturated carbocycles. The summed E-state index contributed by atoms with van der Waals surface area (Å²) in [5.41, 5.74) is 10.2. The fourth-order valence-corrected chi connectivity index (χ4v) is 2.14. The van der Waals surface area contributed by atoms with Crippen LogP contribution in [0.15, 0.2) is 53.1 Å². The van der Waals surface area contributed by atoms with Gasteiger partial charge in [-0.15, -0.1) is 0 Å². The lowest BCUT2D eigenvalue weighted by Crippen LogP contribution is -2.29. The molecule has 1 unspecified atom stereocenters. The summed E-state index contributed by atoms with van der Waals surface area (Å²) in [6.45, 7) is 0. The maximum Gasteiger partial charge on any atom is 0.134 e. The largest absolute Gasteiger partial charge is 0.459 e. The van der Waals surface area contributed by atoms with Crippen molar-refractivity contribution >= 4 is 16.8 Å². The number of nitrogens with one attached hydrogen (secondary N) is 1. The Balaban J connectivity index is 2.09. The number of hydrogen-bond donors (Lipinski definition) is 3. The number of nitrogens with zero attached hydrogens (tertiary/aromatic N) is 1. The van der Waals surface area contributed by atoms with Gasteiger partial charge in [-0.3, -0.25) is 5.84 Å². The molecule has 0 amide bonds.